The number of carbonyl (C=O) groups excluding carboxylic acids is 1. The molecule has 1 rings (SSSR count). The summed E-state index contributed by atoms with van der Waals surface area (Å²) in [5.41, 5.74) is 1.00. The van der Waals surface area contributed by atoms with E-state index in [1.165, 1.54) is 6.92 Å². The van der Waals surface area contributed by atoms with E-state index in [1.807, 2.05) is 6.92 Å². The number of para-hydroxylation sites is 1. The van der Waals surface area contributed by atoms with E-state index in [1.54, 1.807) is 18.2 Å². The Hall–Kier alpha value is -1.35. The number of carbonyl (C=O) groups is 1. The Morgan fingerprint density at radius 2 is 2.21 bits per heavy atom. The van der Waals surface area contributed by atoms with Crippen molar-refractivity contribution in [3.05, 3.63) is 29.3 Å². The van der Waals surface area contributed by atoms with Gasteiger partial charge in [-0.3, -0.25) is 4.79 Å². The van der Waals surface area contributed by atoms with E-state index >= 15 is 0 Å². The molecule has 0 aliphatic carbocycles. The van der Waals surface area contributed by atoms with Gasteiger partial charge in [-0.15, -0.1) is 0 Å². The molecule has 0 fully saturated rings. The van der Waals surface area contributed by atoms with E-state index in [0.717, 1.165) is 0 Å². The van der Waals surface area contributed by atoms with Crippen molar-refractivity contribution < 1.29 is 14.6 Å². The lowest BCUT2D eigenvalue weighted by Crippen LogP contribution is -1.98. The van der Waals surface area contributed by atoms with Crippen LogP contribution in [0.4, 0.5) is 0 Å². The second-order valence-corrected chi connectivity index (χ2v) is 3.01. The van der Waals surface area contributed by atoms with Crippen molar-refractivity contribution in [3.63, 3.8) is 0 Å². The van der Waals surface area contributed by atoms with Gasteiger partial charge in [-0.2, -0.15) is 0 Å². The van der Waals surface area contributed by atoms with Crippen molar-refractivity contribution >= 4 is 5.78 Å². The first-order valence-electron chi connectivity index (χ1n) is 4.56. The maximum absolute atomic E-state index is 11.1. The Kier molecular flexibility index (Phi) is 3.65. The molecule has 0 heterocycles. The van der Waals surface area contributed by atoms with E-state index < -0.39 is 0 Å². The summed E-state index contributed by atoms with van der Waals surface area (Å²) in [4.78, 5) is 11.1. The van der Waals surface area contributed by atoms with Gasteiger partial charge in [-0.05, 0) is 19.9 Å². The summed E-state index contributed by atoms with van der Waals surface area (Å²) in [5.74, 6) is -0.103. The van der Waals surface area contributed by atoms with Gasteiger partial charge in [0, 0.05) is 12.2 Å². The van der Waals surface area contributed by atoms with Crippen molar-refractivity contribution in [1.82, 2.24) is 0 Å². The smallest absolute Gasteiger partial charge is 0.163 e. The highest BCUT2D eigenvalue weighted by atomic mass is 16.5. The average Bonchev–Trinajstić information content (AvgIpc) is 2.16. The summed E-state index contributed by atoms with van der Waals surface area (Å²) < 4.78 is 5.16. The molecule has 0 saturated carbocycles. The van der Waals surface area contributed by atoms with Crippen molar-refractivity contribution in [2.24, 2.45) is 0 Å². The zero-order chi connectivity index (χ0) is 10.6. The highest BCUT2D eigenvalue weighted by Crippen LogP contribution is 2.23. The topological polar surface area (TPSA) is 46.5 Å². The van der Waals surface area contributed by atoms with Gasteiger partial charge in [-0.25, -0.2) is 0 Å². The first-order chi connectivity index (χ1) is 6.66. The van der Waals surface area contributed by atoms with Crippen LogP contribution in [-0.4, -0.2) is 17.5 Å². The molecule has 0 spiro atoms. The van der Waals surface area contributed by atoms with Gasteiger partial charge < -0.3 is 9.84 Å². The number of ether oxygens (including phenoxy) is 1. The number of aromatic hydroxyl groups is 1. The van der Waals surface area contributed by atoms with Crippen LogP contribution in [-0.2, 0) is 11.3 Å². The molecule has 1 aromatic rings. The molecule has 0 unspecified atom stereocenters. The zero-order valence-electron chi connectivity index (χ0n) is 8.41. The maximum Gasteiger partial charge on any atom is 0.163 e. The number of Topliss-reactive ketones (excluding diaryl/α,β-unsaturated/α-hetero) is 1. The van der Waals surface area contributed by atoms with Crippen LogP contribution in [0.3, 0.4) is 0 Å². The second kappa shape index (κ2) is 4.77. The molecule has 0 amide bonds. The quantitative estimate of drug-likeness (QED) is 0.747. The number of benzene rings is 1. The van der Waals surface area contributed by atoms with Crippen LogP contribution in [0.25, 0.3) is 0 Å². The molecular weight excluding hydrogens is 180 g/mol. The summed E-state index contributed by atoms with van der Waals surface area (Å²) in [6, 6.07) is 5.09. The summed E-state index contributed by atoms with van der Waals surface area (Å²) in [7, 11) is 0. The normalized spacial score (nSPS) is 10.1. The Bertz CT molecular complexity index is 331. The van der Waals surface area contributed by atoms with Crippen LogP contribution in [0.15, 0.2) is 18.2 Å². The summed E-state index contributed by atoms with van der Waals surface area (Å²) in [6.07, 6.45) is 0. The fourth-order valence-corrected chi connectivity index (χ4v) is 1.20. The van der Waals surface area contributed by atoms with Gasteiger partial charge in [0.05, 0.1) is 12.2 Å². The Labute approximate surface area is 83.3 Å². The summed E-state index contributed by atoms with van der Waals surface area (Å²) >= 11 is 0. The highest BCUT2D eigenvalue weighted by molar-refractivity contribution is 5.97. The van der Waals surface area contributed by atoms with Crippen molar-refractivity contribution in [2.75, 3.05) is 6.61 Å². The Morgan fingerprint density at radius 3 is 2.79 bits per heavy atom. The Balaban J connectivity index is 2.95. The number of rotatable bonds is 4. The molecule has 76 valence electrons. The van der Waals surface area contributed by atoms with Gasteiger partial charge in [0.15, 0.2) is 5.78 Å². The van der Waals surface area contributed by atoms with Crippen LogP contribution >= 0.6 is 0 Å². The zero-order valence-corrected chi connectivity index (χ0v) is 8.41. The lowest BCUT2D eigenvalue weighted by molar-refractivity contribution is 0.101. The molecule has 0 aliphatic rings. The fourth-order valence-electron chi connectivity index (χ4n) is 1.20. The number of hydrogen-bond acceptors (Lipinski definition) is 3. The number of hydrogen-bond donors (Lipinski definition) is 1. The molecule has 0 aromatic heterocycles. The van der Waals surface area contributed by atoms with E-state index in [-0.39, 0.29) is 11.5 Å². The third-order valence-corrected chi connectivity index (χ3v) is 1.96. The molecule has 0 bridgehead atoms. The summed E-state index contributed by atoms with van der Waals surface area (Å²) in [5, 5.41) is 9.69. The standard InChI is InChI=1S/C11H14O3/c1-3-14-7-9-5-4-6-10(8(2)12)11(9)13/h4-6,13H,3,7H2,1-2H3. The molecule has 3 nitrogen and oxygen atoms in total. The predicted octanol–water partition coefficient (Wildman–Crippen LogP) is 2.13. The predicted molar refractivity (Wildman–Crippen MR) is 53.4 cm³/mol. The molecule has 0 aliphatic heterocycles. The van der Waals surface area contributed by atoms with Crippen molar-refractivity contribution in [1.29, 1.82) is 0 Å². The van der Waals surface area contributed by atoms with Gasteiger partial charge >= 0.3 is 0 Å². The van der Waals surface area contributed by atoms with E-state index in [0.29, 0.717) is 24.3 Å². The van der Waals surface area contributed by atoms with Gasteiger partial charge in [0.25, 0.3) is 0 Å². The molecule has 1 aromatic carbocycles. The SMILES string of the molecule is CCOCc1cccc(C(C)=O)c1O. The minimum atomic E-state index is -0.138. The lowest BCUT2D eigenvalue weighted by Gasteiger charge is -2.07. The third-order valence-electron chi connectivity index (χ3n) is 1.96. The van der Waals surface area contributed by atoms with Crippen LogP contribution < -0.4 is 0 Å². The molecule has 0 radical (unpaired) electrons. The minimum Gasteiger partial charge on any atom is -0.507 e. The molecule has 1 N–H and O–H groups in total. The van der Waals surface area contributed by atoms with Crippen molar-refractivity contribution in [3.8, 4) is 5.75 Å². The number of phenols is 1. The van der Waals surface area contributed by atoms with E-state index in [9.17, 15) is 9.90 Å². The number of ketones is 1. The van der Waals surface area contributed by atoms with Crippen LogP contribution in [0.5, 0.6) is 5.75 Å². The lowest BCUT2D eigenvalue weighted by atomic mass is 10.1. The Morgan fingerprint density at radius 1 is 1.50 bits per heavy atom. The van der Waals surface area contributed by atoms with Gasteiger partial charge in [0.2, 0.25) is 0 Å². The van der Waals surface area contributed by atoms with E-state index in [4.69, 9.17) is 4.74 Å². The fraction of sp³-hybridized carbons (Fsp3) is 0.364. The average molecular weight is 194 g/mol. The first kappa shape index (κ1) is 10.7. The molecular formula is C11H14O3. The van der Waals surface area contributed by atoms with Crippen LogP contribution in [0.2, 0.25) is 0 Å². The van der Waals surface area contributed by atoms with Gasteiger partial charge in [-0.1, -0.05) is 12.1 Å². The molecule has 3 heteroatoms. The van der Waals surface area contributed by atoms with E-state index in [2.05, 4.69) is 0 Å². The van der Waals surface area contributed by atoms with Crippen LogP contribution in [0, 0.1) is 0 Å². The largest absolute Gasteiger partial charge is 0.507 e. The first-order valence-corrected chi connectivity index (χ1v) is 4.56. The van der Waals surface area contributed by atoms with Crippen molar-refractivity contribution in [2.45, 2.75) is 20.5 Å². The minimum absolute atomic E-state index is 0.0356. The summed E-state index contributed by atoms with van der Waals surface area (Å²) in [6.45, 7) is 4.23. The highest BCUT2D eigenvalue weighted by Gasteiger charge is 2.09. The monoisotopic (exact) mass is 194 g/mol. The van der Waals surface area contributed by atoms with Gasteiger partial charge in [0.1, 0.15) is 5.75 Å². The molecule has 14 heavy (non-hydrogen) atoms. The second-order valence-electron chi connectivity index (χ2n) is 3.01. The molecule has 0 saturated heterocycles. The maximum atomic E-state index is 11.1. The third kappa shape index (κ3) is 2.33. The molecule has 0 atom stereocenters. The van der Waals surface area contributed by atoms with Crippen LogP contribution in [0.1, 0.15) is 29.8 Å². The number of phenolic OH excluding ortho intramolecular Hbond substituents is 1.